The van der Waals surface area contributed by atoms with E-state index in [4.69, 9.17) is 16.3 Å². The first-order chi connectivity index (χ1) is 11.2. The second kappa shape index (κ2) is 6.84. The summed E-state index contributed by atoms with van der Waals surface area (Å²) in [6, 6.07) is 17.4. The van der Waals surface area contributed by atoms with Crippen molar-refractivity contribution in [1.29, 1.82) is 0 Å². The zero-order chi connectivity index (χ0) is 16.2. The molecule has 118 valence electrons. The van der Waals surface area contributed by atoms with Crippen LogP contribution in [0.4, 0.5) is 5.69 Å². The SMILES string of the molecule is CCOC(=O)C1=NN(c2ccc(Cl)cc2)[C@H](c2ccccc2)C1. The summed E-state index contributed by atoms with van der Waals surface area (Å²) in [6.07, 6.45) is 0.519. The summed E-state index contributed by atoms with van der Waals surface area (Å²) < 4.78 is 5.10. The van der Waals surface area contributed by atoms with E-state index in [0.717, 1.165) is 11.3 Å². The van der Waals surface area contributed by atoms with Crippen molar-refractivity contribution < 1.29 is 9.53 Å². The standard InChI is InChI=1S/C18H17ClN2O2/c1-2-23-18(22)16-12-17(13-6-4-3-5-7-13)21(20-16)15-10-8-14(19)9-11-15/h3-11,17H,2,12H2,1H3/t17-/m0/s1. The van der Waals surface area contributed by atoms with E-state index in [0.29, 0.717) is 23.8 Å². The molecule has 5 heteroatoms. The molecule has 0 unspecified atom stereocenters. The first-order valence-corrected chi connectivity index (χ1v) is 7.91. The maximum atomic E-state index is 12.1. The Hall–Kier alpha value is -2.33. The van der Waals surface area contributed by atoms with Crippen molar-refractivity contribution in [3.63, 3.8) is 0 Å². The molecule has 1 atom stereocenters. The fourth-order valence-electron chi connectivity index (χ4n) is 2.61. The summed E-state index contributed by atoms with van der Waals surface area (Å²) in [7, 11) is 0. The number of hydrogen-bond acceptors (Lipinski definition) is 4. The van der Waals surface area contributed by atoms with Crippen molar-refractivity contribution in [3.05, 3.63) is 65.2 Å². The van der Waals surface area contributed by atoms with Crippen LogP contribution in [0.2, 0.25) is 5.02 Å². The van der Waals surface area contributed by atoms with Crippen molar-refractivity contribution in [1.82, 2.24) is 0 Å². The third-order valence-electron chi connectivity index (χ3n) is 3.70. The molecule has 1 heterocycles. The van der Waals surface area contributed by atoms with E-state index in [1.165, 1.54) is 0 Å². The van der Waals surface area contributed by atoms with Crippen molar-refractivity contribution in [2.24, 2.45) is 5.10 Å². The summed E-state index contributed by atoms with van der Waals surface area (Å²) in [6.45, 7) is 2.13. The van der Waals surface area contributed by atoms with Crippen LogP contribution in [-0.2, 0) is 9.53 Å². The molecule has 23 heavy (non-hydrogen) atoms. The molecule has 0 radical (unpaired) electrons. The molecule has 0 spiro atoms. The molecular formula is C18H17ClN2O2. The number of anilines is 1. The molecule has 0 aliphatic carbocycles. The van der Waals surface area contributed by atoms with Crippen LogP contribution >= 0.6 is 11.6 Å². The number of halogens is 1. The predicted molar refractivity (Wildman–Crippen MR) is 91.8 cm³/mol. The number of carbonyl (C=O) groups excluding carboxylic acids is 1. The van der Waals surface area contributed by atoms with Gasteiger partial charge in [0.25, 0.3) is 0 Å². The molecule has 3 rings (SSSR count). The molecule has 0 aromatic heterocycles. The van der Waals surface area contributed by atoms with Gasteiger partial charge in [0.2, 0.25) is 0 Å². The van der Waals surface area contributed by atoms with Gasteiger partial charge < -0.3 is 4.74 Å². The van der Waals surface area contributed by atoms with Crippen LogP contribution < -0.4 is 5.01 Å². The fraction of sp³-hybridized carbons (Fsp3) is 0.222. The molecule has 2 aromatic carbocycles. The summed E-state index contributed by atoms with van der Waals surface area (Å²) in [5, 5.41) is 7.02. The lowest BCUT2D eigenvalue weighted by Crippen LogP contribution is -2.18. The van der Waals surface area contributed by atoms with Gasteiger partial charge in [0.1, 0.15) is 5.71 Å². The van der Waals surface area contributed by atoms with Crippen LogP contribution in [0.3, 0.4) is 0 Å². The second-order valence-electron chi connectivity index (χ2n) is 5.22. The number of rotatable bonds is 4. The van der Waals surface area contributed by atoms with Crippen LogP contribution in [0.15, 0.2) is 59.7 Å². The zero-order valence-electron chi connectivity index (χ0n) is 12.8. The molecule has 4 nitrogen and oxygen atoms in total. The van der Waals surface area contributed by atoms with E-state index in [1.54, 1.807) is 6.92 Å². The highest BCUT2D eigenvalue weighted by Crippen LogP contribution is 2.35. The molecule has 2 aromatic rings. The Bertz CT molecular complexity index is 714. The fourth-order valence-corrected chi connectivity index (χ4v) is 2.74. The lowest BCUT2D eigenvalue weighted by molar-refractivity contribution is -0.135. The third-order valence-corrected chi connectivity index (χ3v) is 3.95. The van der Waals surface area contributed by atoms with Gasteiger partial charge in [-0.25, -0.2) is 4.79 Å². The first kappa shape index (κ1) is 15.6. The lowest BCUT2D eigenvalue weighted by atomic mass is 10.0. The van der Waals surface area contributed by atoms with E-state index >= 15 is 0 Å². The van der Waals surface area contributed by atoms with Crippen molar-refractivity contribution in [2.45, 2.75) is 19.4 Å². The van der Waals surface area contributed by atoms with Gasteiger partial charge in [0, 0.05) is 11.4 Å². The van der Waals surface area contributed by atoms with Crippen molar-refractivity contribution in [3.8, 4) is 0 Å². The number of carbonyl (C=O) groups is 1. The molecule has 0 N–H and O–H groups in total. The van der Waals surface area contributed by atoms with Gasteiger partial charge in [0.05, 0.1) is 18.3 Å². The minimum absolute atomic E-state index is 0.0308. The average molecular weight is 329 g/mol. The Labute approximate surface area is 140 Å². The van der Waals surface area contributed by atoms with E-state index in [9.17, 15) is 4.79 Å². The normalized spacial score (nSPS) is 17.0. The molecule has 0 fully saturated rings. The van der Waals surface area contributed by atoms with Gasteiger partial charge in [-0.3, -0.25) is 5.01 Å². The highest BCUT2D eigenvalue weighted by Gasteiger charge is 2.32. The smallest absolute Gasteiger partial charge is 0.354 e. The van der Waals surface area contributed by atoms with Crippen molar-refractivity contribution in [2.75, 3.05) is 11.6 Å². The molecule has 0 bridgehead atoms. The quantitative estimate of drug-likeness (QED) is 0.789. The Kier molecular flexibility index (Phi) is 4.63. The number of benzene rings is 2. The van der Waals surface area contributed by atoms with E-state index in [2.05, 4.69) is 5.10 Å². The van der Waals surface area contributed by atoms with Crippen LogP contribution in [0.1, 0.15) is 24.9 Å². The highest BCUT2D eigenvalue weighted by atomic mass is 35.5. The van der Waals surface area contributed by atoms with Gasteiger partial charge >= 0.3 is 5.97 Å². The van der Waals surface area contributed by atoms with Crippen molar-refractivity contribution >= 4 is 29.0 Å². The Morgan fingerprint density at radius 2 is 1.91 bits per heavy atom. The average Bonchev–Trinajstić information content (AvgIpc) is 3.02. The first-order valence-electron chi connectivity index (χ1n) is 7.53. The zero-order valence-corrected chi connectivity index (χ0v) is 13.5. The Balaban J connectivity index is 1.95. The largest absolute Gasteiger partial charge is 0.461 e. The van der Waals surface area contributed by atoms with Gasteiger partial charge in [-0.15, -0.1) is 0 Å². The maximum absolute atomic E-state index is 12.1. The molecule has 0 amide bonds. The summed E-state index contributed by atoms with van der Waals surface area (Å²) >= 11 is 5.96. The topological polar surface area (TPSA) is 41.9 Å². The van der Waals surface area contributed by atoms with Crippen LogP contribution in [0.25, 0.3) is 0 Å². The highest BCUT2D eigenvalue weighted by molar-refractivity contribution is 6.37. The van der Waals surface area contributed by atoms with E-state index < -0.39 is 0 Å². The summed E-state index contributed by atoms with van der Waals surface area (Å²) in [4.78, 5) is 12.1. The number of esters is 1. The maximum Gasteiger partial charge on any atom is 0.354 e. The summed E-state index contributed by atoms with van der Waals surface area (Å²) in [5.74, 6) is -0.357. The number of hydrazone groups is 1. The van der Waals surface area contributed by atoms with Gasteiger partial charge in [-0.2, -0.15) is 5.10 Å². The monoisotopic (exact) mass is 328 g/mol. The molecule has 0 saturated carbocycles. The van der Waals surface area contributed by atoms with Gasteiger partial charge in [-0.1, -0.05) is 41.9 Å². The summed E-state index contributed by atoms with van der Waals surface area (Å²) in [5.41, 5.74) is 2.43. The van der Waals surface area contributed by atoms with E-state index in [1.807, 2.05) is 59.6 Å². The predicted octanol–water partition coefficient (Wildman–Crippen LogP) is 4.21. The minimum atomic E-state index is -0.357. The van der Waals surface area contributed by atoms with Gasteiger partial charge in [0.15, 0.2) is 0 Å². The minimum Gasteiger partial charge on any atom is -0.461 e. The lowest BCUT2D eigenvalue weighted by Gasteiger charge is -2.23. The number of ether oxygens (including phenoxy) is 1. The van der Waals surface area contributed by atoms with Gasteiger partial charge in [-0.05, 0) is 36.8 Å². The molecular weight excluding hydrogens is 312 g/mol. The molecule has 1 aliphatic rings. The number of nitrogens with zero attached hydrogens (tertiary/aromatic N) is 2. The Morgan fingerprint density at radius 3 is 2.57 bits per heavy atom. The second-order valence-corrected chi connectivity index (χ2v) is 5.66. The molecule has 0 saturated heterocycles. The third kappa shape index (κ3) is 3.37. The van der Waals surface area contributed by atoms with Crippen LogP contribution in [-0.4, -0.2) is 18.3 Å². The number of hydrogen-bond donors (Lipinski definition) is 0. The van der Waals surface area contributed by atoms with E-state index in [-0.39, 0.29) is 12.0 Å². The molecule has 1 aliphatic heterocycles. The van der Waals surface area contributed by atoms with Crippen LogP contribution in [0.5, 0.6) is 0 Å². The van der Waals surface area contributed by atoms with Crippen LogP contribution in [0, 0.1) is 0 Å². The Morgan fingerprint density at radius 1 is 1.22 bits per heavy atom.